The third-order valence-corrected chi connectivity index (χ3v) is 4.52. The molecule has 0 unspecified atom stereocenters. The minimum absolute atomic E-state index is 0.0285. The SMILES string of the molecule is CCC(=O)N(Cc1ccc(F)cc1)C[C@@H]1CC(c2ccc(OC)cc2)=NO1. The summed E-state index contributed by atoms with van der Waals surface area (Å²) in [5.41, 5.74) is 2.71. The molecule has 0 saturated heterocycles. The molecule has 1 atom stereocenters. The number of hydrogen-bond acceptors (Lipinski definition) is 4. The highest BCUT2D eigenvalue weighted by Gasteiger charge is 2.26. The maximum absolute atomic E-state index is 13.1. The highest BCUT2D eigenvalue weighted by molar-refractivity contribution is 6.01. The monoisotopic (exact) mass is 370 g/mol. The second-order valence-electron chi connectivity index (χ2n) is 6.45. The van der Waals surface area contributed by atoms with Gasteiger partial charge in [0.15, 0.2) is 6.10 Å². The van der Waals surface area contributed by atoms with Crippen LogP contribution in [0.3, 0.4) is 0 Å². The number of oxime groups is 1. The van der Waals surface area contributed by atoms with Gasteiger partial charge >= 0.3 is 0 Å². The molecule has 0 bridgehead atoms. The number of rotatable bonds is 7. The van der Waals surface area contributed by atoms with Crippen molar-refractivity contribution in [3.8, 4) is 5.75 Å². The first-order valence-corrected chi connectivity index (χ1v) is 8.98. The predicted octanol–water partition coefficient (Wildman–Crippen LogP) is 3.77. The standard InChI is InChI=1S/C21H23FN2O3/c1-3-21(25)24(13-15-4-8-17(22)9-5-15)14-19-12-20(23-27-19)16-6-10-18(26-2)11-7-16/h4-11,19H,3,12-14H2,1-2H3/t19-/m0/s1. The smallest absolute Gasteiger partial charge is 0.222 e. The van der Waals surface area contributed by atoms with Crippen molar-refractivity contribution in [3.63, 3.8) is 0 Å². The molecule has 0 saturated carbocycles. The van der Waals surface area contributed by atoms with E-state index in [4.69, 9.17) is 9.57 Å². The Hall–Kier alpha value is -2.89. The van der Waals surface area contributed by atoms with Crippen molar-refractivity contribution in [2.24, 2.45) is 5.16 Å². The maximum atomic E-state index is 13.1. The molecule has 1 heterocycles. The third kappa shape index (κ3) is 4.84. The number of nitrogens with zero attached hydrogens (tertiary/aromatic N) is 2. The van der Waals surface area contributed by atoms with Crippen LogP contribution in [0.5, 0.6) is 5.75 Å². The Balaban J connectivity index is 1.63. The van der Waals surface area contributed by atoms with Crippen molar-refractivity contribution in [2.45, 2.75) is 32.4 Å². The molecule has 0 spiro atoms. The fraction of sp³-hybridized carbons (Fsp3) is 0.333. The van der Waals surface area contributed by atoms with Crippen molar-refractivity contribution >= 4 is 11.6 Å². The fourth-order valence-corrected chi connectivity index (χ4v) is 3.01. The van der Waals surface area contributed by atoms with Gasteiger partial charge in [-0.15, -0.1) is 0 Å². The minimum Gasteiger partial charge on any atom is -0.497 e. The third-order valence-electron chi connectivity index (χ3n) is 4.52. The zero-order valence-electron chi connectivity index (χ0n) is 15.5. The summed E-state index contributed by atoms with van der Waals surface area (Å²) >= 11 is 0. The normalized spacial score (nSPS) is 15.8. The van der Waals surface area contributed by atoms with E-state index in [0.29, 0.717) is 25.9 Å². The Morgan fingerprint density at radius 2 is 1.93 bits per heavy atom. The van der Waals surface area contributed by atoms with Gasteiger partial charge < -0.3 is 14.5 Å². The van der Waals surface area contributed by atoms with E-state index in [0.717, 1.165) is 22.6 Å². The van der Waals surface area contributed by atoms with E-state index in [2.05, 4.69) is 5.16 Å². The van der Waals surface area contributed by atoms with Gasteiger partial charge in [-0.3, -0.25) is 4.79 Å². The van der Waals surface area contributed by atoms with Crippen LogP contribution in [0.25, 0.3) is 0 Å². The highest BCUT2D eigenvalue weighted by Crippen LogP contribution is 2.21. The van der Waals surface area contributed by atoms with Crippen LogP contribution in [0, 0.1) is 5.82 Å². The Bertz CT molecular complexity index is 803. The number of halogens is 1. The van der Waals surface area contributed by atoms with Crippen LogP contribution in [-0.4, -0.2) is 36.3 Å². The molecule has 0 N–H and O–H groups in total. The van der Waals surface area contributed by atoms with Crippen molar-refractivity contribution in [3.05, 3.63) is 65.5 Å². The first-order valence-electron chi connectivity index (χ1n) is 8.98. The molecular weight excluding hydrogens is 347 g/mol. The van der Waals surface area contributed by atoms with Crippen LogP contribution >= 0.6 is 0 Å². The lowest BCUT2D eigenvalue weighted by Crippen LogP contribution is -2.36. The van der Waals surface area contributed by atoms with Crippen LogP contribution < -0.4 is 4.74 Å². The first-order chi connectivity index (χ1) is 13.1. The zero-order chi connectivity index (χ0) is 19.2. The fourth-order valence-electron chi connectivity index (χ4n) is 3.01. The molecule has 2 aromatic rings. The van der Waals surface area contributed by atoms with Crippen molar-refractivity contribution in [1.82, 2.24) is 4.90 Å². The average Bonchev–Trinajstić information content (AvgIpc) is 3.17. The molecule has 0 aromatic heterocycles. The molecule has 142 valence electrons. The largest absolute Gasteiger partial charge is 0.497 e. The van der Waals surface area contributed by atoms with Gasteiger partial charge in [-0.25, -0.2) is 4.39 Å². The van der Waals surface area contributed by atoms with Gasteiger partial charge in [0, 0.05) is 19.4 Å². The lowest BCUT2D eigenvalue weighted by Gasteiger charge is -2.24. The lowest BCUT2D eigenvalue weighted by atomic mass is 10.0. The number of methoxy groups -OCH3 is 1. The van der Waals surface area contributed by atoms with Gasteiger partial charge in [-0.1, -0.05) is 24.2 Å². The summed E-state index contributed by atoms with van der Waals surface area (Å²) in [6.07, 6.45) is 0.835. The Labute approximate surface area is 158 Å². The molecule has 1 amide bonds. The summed E-state index contributed by atoms with van der Waals surface area (Å²) in [4.78, 5) is 19.6. The first kappa shape index (κ1) is 18.9. The quantitative estimate of drug-likeness (QED) is 0.746. The number of ether oxygens (including phenoxy) is 1. The highest BCUT2D eigenvalue weighted by atomic mass is 19.1. The second-order valence-corrected chi connectivity index (χ2v) is 6.45. The summed E-state index contributed by atoms with van der Waals surface area (Å²) in [6.45, 7) is 2.69. The van der Waals surface area contributed by atoms with E-state index in [-0.39, 0.29) is 17.8 Å². The summed E-state index contributed by atoms with van der Waals surface area (Å²) in [6, 6.07) is 13.8. The van der Waals surface area contributed by atoms with Gasteiger partial charge in [0.2, 0.25) is 5.91 Å². The number of carbonyl (C=O) groups excluding carboxylic acids is 1. The van der Waals surface area contributed by atoms with E-state index in [1.807, 2.05) is 31.2 Å². The Kier molecular flexibility index (Phi) is 6.06. The van der Waals surface area contributed by atoms with E-state index in [1.165, 1.54) is 12.1 Å². The molecule has 5 nitrogen and oxygen atoms in total. The van der Waals surface area contributed by atoms with E-state index < -0.39 is 0 Å². The van der Waals surface area contributed by atoms with Gasteiger partial charge in [-0.05, 0) is 47.5 Å². The van der Waals surface area contributed by atoms with E-state index in [1.54, 1.807) is 24.1 Å². The van der Waals surface area contributed by atoms with Crippen molar-refractivity contribution < 1.29 is 18.8 Å². The molecule has 27 heavy (non-hydrogen) atoms. The molecular formula is C21H23FN2O3. The van der Waals surface area contributed by atoms with Gasteiger partial charge in [0.1, 0.15) is 11.6 Å². The van der Waals surface area contributed by atoms with Crippen LogP contribution in [0.15, 0.2) is 53.7 Å². The van der Waals surface area contributed by atoms with Crippen LogP contribution in [0.1, 0.15) is 30.9 Å². The summed E-state index contributed by atoms with van der Waals surface area (Å²) in [7, 11) is 1.63. The number of carbonyl (C=O) groups is 1. The number of amides is 1. The minimum atomic E-state index is -0.288. The summed E-state index contributed by atoms with van der Waals surface area (Å²) in [5.74, 6) is 0.526. The number of benzene rings is 2. The molecule has 0 aliphatic carbocycles. The molecule has 2 aromatic carbocycles. The van der Waals surface area contributed by atoms with Crippen LogP contribution in [0.2, 0.25) is 0 Å². The number of hydrogen-bond donors (Lipinski definition) is 0. The second kappa shape index (κ2) is 8.66. The molecule has 0 radical (unpaired) electrons. The van der Waals surface area contributed by atoms with E-state index in [9.17, 15) is 9.18 Å². The molecule has 3 rings (SSSR count). The van der Waals surface area contributed by atoms with Crippen LogP contribution in [0.4, 0.5) is 4.39 Å². The van der Waals surface area contributed by atoms with Crippen molar-refractivity contribution in [1.29, 1.82) is 0 Å². The molecule has 1 aliphatic rings. The molecule has 0 fully saturated rings. The zero-order valence-corrected chi connectivity index (χ0v) is 15.5. The Morgan fingerprint density at radius 3 is 2.56 bits per heavy atom. The van der Waals surface area contributed by atoms with Gasteiger partial charge in [-0.2, -0.15) is 0 Å². The Morgan fingerprint density at radius 1 is 1.22 bits per heavy atom. The van der Waals surface area contributed by atoms with Crippen LogP contribution in [-0.2, 0) is 16.2 Å². The van der Waals surface area contributed by atoms with Gasteiger partial charge in [0.25, 0.3) is 0 Å². The topological polar surface area (TPSA) is 51.1 Å². The van der Waals surface area contributed by atoms with E-state index >= 15 is 0 Å². The maximum Gasteiger partial charge on any atom is 0.222 e. The van der Waals surface area contributed by atoms with Gasteiger partial charge in [0.05, 0.1) is 19.4 Å². The van der Waals surface area contributed by atoms with Crippen molar-refractivity contribution in [2.75, 3.05) is 13.7 Å². The predicted molar refractivity (Wildman–Crippen MR) is 101 cm³/mol. The molecule has 1 aliphatic heterocycles. The molecule has 6 heteroatoms. The summed E-state index contributed by atoms with van der Waals surface area (Å²) in [5, 5.41) is 4.19. The lowest BCUT2D eigenvalue weighted by molar-refractivity contribution is -0.133. The average molecular weight is 370 g/mol. The summed E-state index contributed by atoms with van der Waals surface area (Å²) < 4.78 is 18.3.